The third-order valence-corrected chi connectivity index (χ3v) is 7.63. The number of benzene rings is 2. The monoisotopic (exact) mass is 434 g/mol. The molecule has 2 aromatic carbocycles. The summed E-state index contributed by atoms with van der Waals surface area (Å²) >= 11 is 0. The molecule has 0 heterocycles. The second-order valence-electron chi connectivity index (χ2n) is 7.83. The van der Waals surface area contributed by atoms with E-state index in [-0.39, 0.29) is 33.3 Å². The molecule has 1 N–H and O–H groups in total. The van der Waals surface area contributed by atoms with Crippen molar-refractivity contribution in [2.24, 2.45) is 0 Å². The number of carbonyl (C=O) groups is 1. The van der Waals surface area contributed by atoms with E-state index in [0.717, 1.165) is 35.6 Å². The third kappa shape index (κ3) is 4.34. The highest BCUT2D eigenvalue weighted by molar-refractivity contribution is 7.89. The molecule has 30 heavy (non-hydrogen) atoms. The molecule has 0 unspecified atom stereocenters. The molecule has 6 nitrogen and oxygen atoms in total. The standard InChI is InChI=1S/C22H27FN2O4S/c1-25(2)30(27,28)20-14-16(6-11-19(20)29-3)21(26)24-15-22(12-4-5-13-22)17-7-9-18(23)10-8-17/h6-11,14H,4-5,12-13,15H2,1-3H3,(H,24,26). The number of sulfonamides is 1. The Hall–Kier alpha value is -2.45. The maximum atomic E-state index is 13.4. The lowest BCUT2D eigenvalue weighted by atomic mass is 9.78. The maximum absolute atomic E-state index is 13.4. The Kier molecular flexibility index (Phi) is 6.47. The zero-order chi connectivity index (χ0) is 21.9. The van der Waals surface area contributed by atoms with Gasteiger partial charge in [0.1, 0.15) is 16.5 Å². The summed E-state index contributed by atoms with van der Waals surface area (Å²) in [7, 11) is 0.462. The fourth-order valence-corrected chi connectivity index (χ4v) is 5.07. The van der Waals surface area contributed by atoms with E-state index in [1.807, 2.05) is 0 Å². The van der Waals surface area contributed by atoms with Crippen LogP contribution in [0.2, 0.25) is 0 Å². The molecule has 3 rings (SSSR count). The van der Waals surface area contributed by atoms with Crippen molar-refractivity contribution in [2.45, 2.75) is 36.0 Å². The van der Waals surface area contributed by atoms with Crippen molar-refractivity contribution in [2.75, 3.05) is 27.7 Å². The van der Waals surface area contributed by atoms with E-state index in [0.29, 0.717) is 6.54 Å². The number of methoxy groups -OCH3 is 1. The molecule has 8 heteroatoms. The van der Waals surface area contributed by atoms with Gasteiger partial charge < -0.3 is 10.1 Å². The van der Waals surface area contributed by atoms with Gasteiger partial charge in [-0.3, -0.25) is 4.79 Å². The smallest absolute Gasteiger partial charge is 0.251 e. The Morgan fingerprint density at radius 3 is 2.33 bits per heavy atom. The predicted octanol–water partition coefficient (Wildman–Crippen LogP) is 3.33. The number of carbonyl (C=O) groups excluding carboxylic acids is 1. The van der Waals surface area contributed by atoms with Gasteiger partial charge in [-0.05, 0) is 48.7 Å². The molecule has 1 amide bonds. The summed E-state index contributed by atoms with van der Waals surface area (Å²) in [5, 5.41) is 2.96. The lowest BCUT2D eigenvalue weighted by Crippen LogP contribution is -2.39. The molecule has 0 saturated heterocycles. The molecular formula is C22H27FN2O4S. The first-order chi connectivity index (χ1) is 14.2. The Labute approximate surface area is 177 Å². The summed E-state index contributed by atoms with van der Waals surface area (Å²) in [5.41, 5.74) is 1.00. The van der Waals surface area contributed by atoms with E-state index < -0.39 is 10.0 Å². The van der Waals surface area contributed by atoms with E-state index in [4.69, 9.17) is 4.74 Å². The normalized spacial score (nSPS) is 15.9. The van der Waals surface area contributed by atoms with Gasteiger partial charge in [0.05, 0.1) is 7.11 Å². The van der Waals surface area contributed by atoms with Crippen LogP contribution in [0.4, 0.5) is 4.39 Å². The fraction of sp³-hybridized carbons (Fsp3) is 0.409. The highest BCUT2D eigenvalue weighted by Gasteiger charge is 2.36. The SMILES string of the molecule is COc1ccc(C(=O)NCC2(c3ccc(F)cc3)CCCC2)cc1S(=O)(=O)N(C)C. The van der Waals surface area contributed by atoms with Crippen LogP contribution in [-0.2, 0) is 15.4 Å². The van der Waals surface area contributed by atoms with Crippen molar-refractivity contribution >= 4 is 15.9 Å². The quantitative estimate of drug-likeness (QED) is 0.725. The first kappa shape index (κ1) is 22.2. The minimum absolute atomic E-state index is 0.0586. The van der Waals surface area contributed by atoms with E-state index in [2.05, 4.69) is 5.32 Å². The minimum atomic E-state index is -3.77. The van der Waals surface area contributed by atoms with Crippen LogP contribution in [0.25, 0.3) is 0 Å². The molecule has 0 aliphatic heterocycles. The van der Waals surface area contributed by atoms with Crippen molar-refractivity contribution in [3.63, 3.8) is 0 Å². The van der Waals surface area contributed by atoms with E-state index >= 15 is 0 Å². The third-order valence-electron chi connectivity index (χ3n) is 5.79. The molecular weight excluding hydrogens is 407 g/mol. The highest BCUT2D eigenvalue weighted by Crippen LogP contribution is 2.40. The van der Waals surface area contributed by atoms with Crippen molar-refractivity contribution in [3.8, 4) is 5.75 Å². The van der Waals surface area contributed by atoms with E-state index in [9.17, 15) is 17.6 Å². The van der Waals surface area contributed by atoms with Crippen LogP contribution in [0.1, 0.15) is 41.6 Å². The second-order valence-corrected chi connectivity index (χ2v) is 9.95. The van der Waals surface area contributed by atoms with Crippen LogP contribution in [0.5, 0.6) is 5.75 Å². The fourth-order valence-electron chi connectivity index (χ4n) is 3.99. The molecule has 1 saturated carbocycles. The lowest BCUT2D eigenvalue weighted by molar-refractivity contribution is 0.0943. The van der Waals surface area contributed by atoms with Crippen molar-refractivity contribution in [1.29, 1.82) is 0 Å². The summed E-state index contributed by atoms with van der Waals surface area (Å²) in [5.74, 6) is -0.469. The highest BCUT2D eigenvalue weighted by atomic mass is 32.2. The van der Waals surface area contributed by atoms with Gasteiger partial charge in [0.15, 0.2) is 0 Å². The Balaban J connectivity index is 1.84. The van der Waals surface area contributed by atoms with Gasteiger partial charge >= 0.3 is 0 Å². The number of amides is 1. The van der Waals surface area contributed by atoms with Crippen LogP contribution < -0.4 is 10.1 Å². The average Bonchev–Trinajstić information content (AvgIpc) is 3.22. The number of halogens is 1. The van der Waals surface area contributed by atoms with Crippen LogP contribution in [0.15, 0.2) is 47.4 Å². The molecule has 0 bridgehead atoms. The van der Waals surface area contributed by atoms with Crippen LogP contribution in [-0.4, -0.2) is 46.4 Å². The molecule has 0 atom stereocenters. The molecule has 1 aliphatic carbocycles. The number of hydrogen-bond acceptors (Lipinski definition) is 4. The van der Waals surface area contributed by atoms with Gasteiger partial charge in [-0.1, -0.05) is 25.0 Å². The Bertz CT molecular complexity index is 1010. The van der Waals surface area contributed by atoms with Gasteiger partial charge in [-0.15, -0.1) is 0 Å². The largest absolute Gasteiger partial charge is 0.495 e. The van der Waals surface area contributed by atoms with Gasteiger partial charge in [0.25, 0.3) is 5.91 Å². The van der Waals surface area contributed by atoms with E-state index in [1.54, 1.807) is 18.2 Å². The molecule has 1 aliphatic rings. The van der Waals surface area contributed by atoms with Crippen LogP contribution >= 0.6 is 0 Å². The Morgan fingerprint density at radius 1 is 1.13 bits per heavy atom. The zero-order valence-corrected chi connectivity index (χ0v) is 18.3. The van der Waals surface area contributed by atoms with Crippen molar-refractivity contribution < 1.29 is 22.3 Å². The van der Waals surface area contributed by atoms with E-state index in [1.165, 1.54) is 45.5 Å². The van der Waals surface area contributed by atoms with Gasteiger partial charge in [0, 0.05) is 31.6 Å². The van der Waals surface area contributed by atoms with Gasteiger partial charge in [0.2, 0.25) is 10.0 Å². The molecule has 162 valence electrons. The van der Waals surface area contributed by atoms with Gasteiger partial charge in [-0.25, -0.2) is 17.1 Å². The average molecular weight is 435 g/mol. The van der Waals surface area contributed by atoms with Crippen molar-refractivity contribution in [1.82, 2.24) is 9.62 Å². The zero-order valence-electron chi connectivity index (χ0n) is 17.4. The number of ether oxygens (including phenoxy) is 1. The molecule has 0 spiro atoms. The summed E-state index contributed by atoms with van der Waals surface area (Å²) in [6.07, 6.45) is 3.89. The molecule has 0 aromatic heterocycles. The molecule has 1 fully saturated rings. The lowest BCUT2D eigenvalue weighted by Gasteiger charge is -2.30. The first-order valence-corrected chi connectivity index (χ1v) is 11.3. The summed E-state index contributed by atoms with van der Waals surface area (Å²) in [4.78, 5) is 12.8. The van der Waals surface area contributed by atoms with Crippen LogP contribution in [0.3, 0.4) is 0 Å². The number of rotatable bonds is 7. The summed E-state index contributed by atoms with van der Waals surface area (Å²) < 4.78 is 44.8. The van der Waals surface area contributed by atoms with Crippen molar-refractivity contribution in [3.05, 3.63) is 59.4 Å². The molecule has 0 radical (unpaired) electrons. The second kappa shape index (κ2) is 8.73. The number of nitrogens with one attached hydrogen (secondary N) is 1. The number of nitrogens with zero attached hydrogens (tertiary/aromatic N) is 1. The summed E-state index contributed by atoms with van der Waals surface area (Å²) in [6, 6.07) is 10.8. The first-order valence-electron chi connectivity index (χ1n) is 9.84. The Morgan fingerprint density at radius 2 is 1.77 bits per heavy atom. The summed E-state index contributed by atoms with van der Waals surface area (Å²) in [6.45, 7) is 0.402. The minimum Gasteiger partial charge on any atom is -0.495 e. The topological polar surface area (TPSA) is 75.7 Å². The molecule has 2 aromatic rings. The van der Waals surface area contributed by atoms with Crippen LogP contribution in [0, 0.1) is 5.82 Å². The number of hydrogen-bond donors (Lipinski definition) is 1. The van der Waals surface area contributed by atoms with Gasteiger partial charge in [-0.2, -0.15) is 0 Å². The maximum Gasteiger partial charge on any atom is 0.251 e. The predicted molar refractivity (Wildman–Crippen MR) is 113 cm³/mol.